The summed E-state index contributed by atoms with van der Waals surface area (Å²) in [5, 5.41) is 12.6. The number of phenolic OH excluding ortho intramolecular Hbond substituents is 1. The summed E-state index contributed by atoms with van der Waals surface area (Å²) < 4.78 is 0. The minimum Gasteiger partial charge on any atom is -0.507 e. The Balaban J connectivity index is 2.05. The number of hydrogen-bond acceptors (Lipinski definition) is 1. The van der Waals surface area contributed by atoms with Crippen LogP contribution in [0.4, 0.5) is 0 Å². The Morgan fingerprint density at radius 1 is 0.684 bits per heavy atom. The van der Waals surface area contributed by atoms with Crippen molar-refractivity contribution in [3.8, 4) is 5.75 Å². The van der Waals surface area contributed by atoms with E-state index >= 15 is 0 Å². The van der Waals surface area contributed by atoms with E-state index in [0.29, 0.717) is 5.75 Å². The third kappa shape index (κ3) is 1.42. The standard InChI is InChI=1S/C18H12O/c19-17-10-2-1-8-14(17)16-11-13-7-3-5-12-6-4-9-15(16)18(12)13/h1-11,19H. The highest BCUT2D eigenvalue weighted by Crippen LogP contribution is 2.41. The van der Waals surface area contributed by atoms with Crippen molar-refractivity contribution >= 4 is 22.4 Å². The minimum absolute atomic E-state index is 0.332. The first-order chi connectivity index (χ1) is 9.34. The van der Waals surface area contributed by atoms with Gasteiger partial charge in [0, 0.05) is 5.56 Å². The number of hydrogen-bond donors (Lipinski definition) is 1. The molecular formula is C18H12O. The van der Waals surface area contributed by atoms with Gasteiger partial charge in [-0.05, 0) is 39.6 Å². The van der Waals surface area contributed by atoms with E-state index in [0.717, 1.165) is 11.1 Å². The van der Waals surface area contributed by atoms with E-state index in [1.54, 1.807) is 6.07 Å². The fraction of sp³-hybridized carbons (Fsp3) is 0. The quantitative estimate of drug-likeness (QED) is 0.524. The van der Waals surface area contributed by atoms with Crippen LogP contribution in [0.3, 0.4) is 0 Å². The average Bonchev–Trinajstić information content (AvgIpc) is 2.81. The van der Waals surface area contributed by atoms with Crippen LogP contribution in [-0.4, -0.2) is 5.11 Å². The van der Waals surface area contributed by atoms with Crippen molar-refractivity contribution < 1.29 is 5.11 Å². The second-order valence-corrected chi connectivity index (χ2v) is 4.83. The van der Waals surface area contributed by atoms with E-state index in [4.69, 9.17) is 0 Å². The van der Waals surface area contributed by atoms with Crippen molar-refractivity contribution in [2.75, 3.05) is 0 Å². The third-order valence-corrected chi connectivity index (χ3v) is 3.72. The SMILES string of the molecule is Oc1ccccc1C1=Cc2cccc3cccc1c23. The van der Waals surface area contributed by atoms with Gasteiger partial charge in [-0.1, -0.05) is 54.6 Å². The van der Waals surface area contributed by atoms with E-state index in [1.807, 2.05) is 18.2 Å². The molecule has 1 N–H and O–H groups in total. The third-order valence-electron chi connectivity index (χ3n) is 3.72. The molecule has 0 heterocycles. The van der Waals surface area contributed by atoms with Crippen molar-refractivity contribution in [1.29, 1.82) is 0 Å². The molecule has 0 saturated heterocycles. The first-order valence-electron chi connectivity index (χ1n) is 6.37. The zero-order valence-electron chi connectivity index (χ0n) is 10.3. The molecule has 3 aromatic carbocycles. The molecule has 0 bridgehead atoms. The van der Waals surface area contributed by atoms with Gasteiger partial charge in [-0.2, -0.15) is 0 Å². The number of para-hydroxylation sites is 1. The van der Waals surface area contributed by atoms with Crippen molar-refractivity contribution in [1.82, 2.24) is 0 Å². The average molecular weight is 244 g/mol. The van der Waals surface area contributed by atoms with Crippen LogP contribution in [0.15, 0.2) is 60.7 Å². The van der Waals surface area contributed by atoms with E-state index in [2.05, 4.69) is 42.5 Å². The highest BCUT2D eigenvalue weighted by molar-refractivity contribution is 6.13. The predicted molar refractivity (Wildman–Crippen MR) is 79.0 cm³/mol. The van der Waals surface area contributed by atoms with Crippen LogP contribution < -0.4 is 0 Å². The molecule has 0 spiro atoms. The van der Waals surface area contributed by atoms with Crippen LogP contribution in [0.1, 0.15) is 16.7 Å². The summed E-state index contributed by atoms with van der Waals surface area (Å²) >= 11 is 0. The maximum absolute atomic E-state index is 10.1. The molecule has 90 valence electrons. The summed E-state index contributed by atoms with van der Waals surface area (Å²) in [4.78, 5) is 0. The lowest BCUT2D eigenvalue weighted by molar-refractivity contribution is 0.474. The summed E-state index contributed by atoms with van der Waals surface area (Å²) in [6.07, 6.45) is 2.16. The molecule has 0 aliphatic heterocycles. The predicted octanol–water partition coefficient (Wildman–Crippen LogP) is 4.45. The summed E-state index contributed by atoms with van der Waals surface area (Å²) in [5.41, 5.74) is 4.43. The maximum Gasteiger partial charge on any atom is 0.123 e. The molecule has 0 radical (unpaired) electrons. The first kappa shape index (κ1) is 10.4. The molecule has 1 heteroatoms. The Morgan fingerprint density at radius 2 is 1.42 bits per heavy atom. The molecule has 4 rings (SSSR count). The Kier molecular flexibility index (Phi) is 2.04. The van der Waals surface area contributed by atoms with Gasteiger partial charge in [0.2, 0.25) is 0 Å². The number of phenols is 1. The molecule has 1 aliphatic carbocycles. The molecule has 0 unspecified atom stereocenters. The van der Waals surface area contributed by atoms with Crippen LogP contribution in [0.2, 0.25) is 0 Å². The van der Waals surface area contributed by atoms with Gasteiger partial charge in [-0.15, -0.1) is 0 Å². The number of benzene rings is 3. The smallest absolute Gasteiger partial charge is 0.123 e. The lowest BCUT2D eigenvalue weighted by atomic mass is 9.97. The van der Waals surface area contributed by atoms with Gasteiger partial charge in [0.05, 0.1) is 0 Å². The van der Waals surface area contributed by atoms with Gasteiger partial charge in [0.25, 0.3) is 0 Å². The molecule has 0 fully saturated rings. The van der Waals surface area contributed by atoms with Crippen LogP contribution in [-0.2, 0) is 0 Å². The second kappa shape index (κ2) is 3.72. The van der Waals surface area contributed by atoms with Crippen LogP contribution in [0, 0.1) is 0 Å². The van der Waals surface area contributed by atoms with Gasteiger partial charge in [0.15, 0.2) is 0 Å². The summed E-state index contributed by atoms with van der Waals surface area (Å²) in [6, 6.07) is 20.2. The van der Waals surface area contributed by atoms with E-state index in [9.17, 15) is 5.11 Å². The van der Waals surface area contributed by atoms with Gasteiger partial charge >= 0.3 is 0 Å². The fourth-order valence-corrected chi connectivity index (χ4v) is 2.87. The molecule has 0 aromatic heterocycles. The van der Waals surface area contributed by atoms with Crippen LogP contribution in [0.5, 0.6) is 5.75 Å². The molecule has 1 nitrogen and oxygen atoms in total. The molecule has 19 heavy (non-hydrogen) atoms. The highest BCUT2D eigenvalue weighted by Gasteiger charge is 2.18. The topological polar surface area (TPSA) is 20.2 Å². The first-order valence-corrected chi connectivity index (χ1v) is 6.37. The molecule has 0 atom stereocenters. The highest BCUT2D eigenvalue weighted by atomic mass is 16.3. The van der Waals surface area contributed by atoms with E-state index in [-0.39, 0.29) is 0 Å². The van der Waals surface area contributed by atoms with Gasteiger partial charge in [0.1, 0.15) is 5.75 Å². The summed E-state index contributed by atoms with van der Waals surface area (Å²) in [7, 11) is 0. The lowest BCUT2D eigenvalue weighted by Gasteiger charge is -2.08. The molecule has 1 aliphatic rings. The van der Waals surface area contributed by atoms with Crippen molar-refractivity contribution in [3.63, 3.8) is 0 Å². The van der Waals surface area contributed by atoms with Gasteiger partial charge in [-0.3, -0.25) is 0 Å². The Morgan fingerprint density at radius 3 is 2.26 bits per heavy atom. The molecular weight excluding hydrogens is 232 g/mol. The minimum atomic E-state index is 0.332. The molecule has 0 amide bonds. The van der Waals surface area contributed by atoms with E-state index < -0.39 is 0 Å². The zero-order valence-corrected chi connectivity index (χ0v) is 10.3. The van der Waals surface area contributed by atoms with Crippen molar-refractivity contribution in [2.45, 2.75) is 0 Å². The van der Waals surface area contributed by atoms with E-state index in [1.165, 1.54) is 21.9 Å². The monoisotopic (exact) mass is 244 g/mol. The molecule has 0 saturated carbocycles. The van der Waals surface area contributed by atoms with Crippen molar-refractivity contribution in [2.24, 2.45) is 0 Å². The van der Waals surface area contributed by atoms with Crippen molar-refractivity contribution in [3.05, 3.63) is 77.4 Å². The largest absolute Gasteiger partial charge is 0.507 e. The van der Waals surface area contributed by atoms with Gasteiger partial charge < -0.3 is 5.11 Å². The summed E-state index contributed by atoms with van der Waals surface area (Å²) in [6.45, 7) is 0. The molecule has 3 aromatic rings. The fourth-order valence-electron chi connectivity index (χ4n) is 2.87. The number of aromatic hydroxyl groups is 1. The van der Waals surface area contributed by atoms with Crippen LogP contribution >= 0.6 is 0 Å². The Bertz CT molecular complexity index is 823. The summed E-state index contributed by atoms with van der Waals surface area (Å²) in [5.74, 6) is 0.332. The van der Waals surface area contributed by atoms with Crippen LogP contribution in [0.25, 0.3) is 22.4 Å². The number of rotatable bonds is 1. The van der Waals surface area contributed by atoms with Gasteiger partial charge in [-0.25, -0.2) is 0 Å². The normalized spacial score (nSPS) is 12.7. The zero-order chi connectivity index (χ0) is 12.8. The lowest BCUT2D eigenvalue weighted by Crippen LogP contribution is -1.85. The Labute approximate surface area is 111 Å². The second-order valence-electron chi connectivity index (χ2n) is 4.83. The Hall–Kier alpha value is -2.54. The maximum atomic E-state index is 10.1.